The number of likely N-dealkylation sites (tertiary alicyclic amines) is 1. The van der Waals surface area contributed by atoms with Crippen molar-refractivity contribution in [1.82, 2.24) is 14.9 Å². The smallest absolute Gasteiger partial charge is 0.410 e. The van der Waals surface area contributed by atoms with Crippen molar-refractivity contribution in [2.24, 2.45) is 0 Å². The van der Waals surface area contributed by atoms with Crippen LogP contribution in [-0.4, -0.2) is 45.7 Å². The van der Waals surface area contributed by atoms with E-state index >= 15 is 0 Å². The Morgan fingerprint density at radius 2 is 1.95 bits per heavy atom. The first kappa shape index (κ1) is 15.5. The summed E-state index contributed by atoms with van der Waals surface area (Å²) in [4.78, 5) is 22.5. The third kappa shape index (κ3) is 4.58. The SMILES string of the molecule is Cc1cc(C)nc(N[C@@H]2CCN(C(=O)OC(C)(C)C)C2)n1. The Morgan fingerprint density at radius 1 is 1.33 bits per heavy atom. The van der Waals surface area contributed by atoms with Gasteiger partial charge in [0.2, 0.25) is 5.95 Å². The molecule has 1 aromatic rings. The highest BCUT2D eigenvalue weighted by molar-refractivity contribution is 5.68. The number of amides is 1. The van der Waals surface area contributed by atoms with Gasteiger partial charge in [-0.05, 0) is 47.1 Å². The van der Waals surface area contributed by atoms with E-state index in [0.717, 1.165) is 17.8 Å². The first-order chi connectivity index (χ1) is 9.73. The van der Waals surface area contributed by atoms with Crippen molar-refractivity contribution in [3.8, 4) is 0 Å². The van der Waals surface area contributed by atoms with Crippen molar-refractivity contribution in [3.63, 3.8) is 0 Å². The lowest BCUT2D eigenvalue weighted by molar-refractivity contribution is 0.0293. The summed E-state index contributed by atoms with van der Waals surface area (Å²) in [5.74, 6) is 0.628. The Bertz CT molecular complexity index is 505. The molecule has 0 aliphatic carbocycles. The van der Waals surface area contributed by atoms with Gasteiger partial charge in [0.05, 0.1) is 0 Å². The first-order valence-electron chi connectivity index (χ1n) is 7.30. The minimum Gasteiger partial charge on any atom is -0.444 e. The number of aryl methyl sites for hydroxylation is 2. The van der Waals surface area contributed by atoms with E-state index in [1.54, 1.807) is 4.90 Å². The molecule has 1 atom stereocenters. The highest BCUT2D eigenvalue weighted by Gasteiger charge is 2.30. The maximum Gasteiger partial charge on any atom is 0.410 e. The summed E-state index contributed by atoms with van der Waals surface area (Å²) >= 11 is 0. The molecule has 2 heterocycles. The van der Waals surface area contributed by atoms with Gasteiger partial charge in [-0.1, -0.05) is 0 Å². The van der Waals surface area contributed by atoms with Gasteiger partial charge in [0, 0.05) is 30.5 Å². The van der Waals surface area contributed by atoms with Gasteiger partial charge in [-0.15, -0.1) is 0 Å². The average Bonchev–Trinajstić information content (AvgIpc) is 2.73. The number of nitrogens with zero attached hydrogens (tertiary/aromatic N) is 3. The topological polar surface area (TPSA) is 67.4 Å². The third-order valence-corrected chi connectivity index (χ3v) is 3.16. The number of carbonyl (C=O) groups excluding carboxylic acids is 1. The Balaban J connectivity index is 1.92. The molecule has 0 saturated carbocycles. The second kappa shape index (κ2) is 5.87. The standard InChI is InChI=1S/C15H24N4O2/c1-10-8-11(2)17-13(16-10)18-12-6-7-19(9-12)14(20)21-15(3,4)5/h8,12H,6-7,9H2,1-5H3,(H,16,17,18)/t12-/m1/s1. The van der Waals surface area contributed by atoms with Crippen LogP contribution in [0, 0.1) is 13.8 Å². The number of hydrogen-bond donors (Lipinski definition) is 1. The van der Waals surface area contributed by atoms with E-state index in [-0.39, 0.29) is 12.1 Å². The Labute approximate surface area is 125 Å². The number of aromatic nitrogens is 2. The van der Waals surface area contributed by atoms with E-state index < -0.39 is 5.60 Å². The molecule has 1 amide bonds. The molecular weight excluding hydrogens is 268 g/mol. The molecule has 1 aliphatic heterocycles. The monoisotopic (exact) mass is 292 g/mol. The van der Waals surface area contributed by atoms with Crippen LogP contribution in [0.1, 0.15) is 38.6 Å². The van der Waals surface area contributed by atoms with Crippen molar-refractivity contribution in [2.75, 3.05) is 18.4 Å². The minimum atomic E-state index is -0.459. The van der Waals surface area contributed by atoms with E-state index in [2.05, 4.69) is 15.3 Å². The summed E-state index contributed by atoms with van der Waals surface area (Å²) < 4.78 is 5.39. The van der Waals surface area contributed by atoms with Crippen LogP contribution in [0.3, 0.4) is 0 Å². The van der Waals surface area contributed by atoms with Gasteiger partial charge in [0.1, 0.15) is 5.60 Å². The number of rotatable bonds is 2. The molecule has 2 rings (SSSR count). The normalized spacial score (nSPS) is 18.7. The molecule has 1 aliphatic rings. The molecule has 0 radical (unpaired) electrons. The number of nitrogens with one attached hydrogen (secondary N) is 1. The van der Waals surface area contributed by atoms with Gasteiger partial charge in [-0.2, -0.15) is 0 Å². The van der Waals surface area contributed by atoms with E-state index in [4.69, 9.17) is 4.74 Å². The van der Waals surface area contributed by atoms with Gasteiger partial charge in [0.15, 0.2) is 0 Å². The van der Waals surface area contributed by atoms with Crippen molar-refractivity contribution in [2.45, 2.75) is 52.7 Å². The van der Waals surface area contributed by atoms with Crippen LogP contribution < -0.4 is 5.32 Å². The molecule has 6 nitrogen and oxygen atoms in total. The van der Waals surface area contributed by atoms with E-state index in [1.807, 2.05) is 40.7 Å². The predicted octanol–water partition coefficient (Wildman–Crippen LogP) is 2.51. The molecule has 1 saturated heterocycles. The highest BCUT2D eigenvalue weighted by Crippen LogP contribution is 2.17. The predicted molar refractivity (Wildman–Crippen MR) is 81.3 cm³/mol. The van der Waals surface area contributed by atoms with Crippen molar-refractivity contribution >= 4 is 12.0 Å². The lowest BCUT2D eigenvalue weighted by atomic mass is 10.2. The highest BCUT2D eigenvalue weighted by atomic mass is 16.6. The number of carbonyl (C=O) groups is 1. The van der Waals surface area contributed by atoms with Crippen LogP contribution in [0.4, 0.5) is 10.7 Å². The second-order valence-electron chi connectivity index (χ2n) is 6.53. The fraction of sp³-hybridized carbons (Fsp3) is 0.667. The summed E-state index contributed by atoms with van der Waals surface area (Å²) in [6.45, 7) is 10.8. The molecule has 116 valence electrons. The van der Waals surface area contributed by atoms with Crippen LogP contribution in [0.15, 0.2) is 6.07 Å². The fourth-order valence-corrected chi connectivity index (χ4v) is 2.34. The van der Waals surface area contributed by atoms with Crippen LogP contribution in [0.5, 0.6) is 0 Å². The zero-order valence-corrected chi connectivity index (χ0v) is 13.4. The van der Waals surface area contributed by atoms with E-state index in [0.29, 0.717) is 19.0 Å². The molecule has 1 N–H and O–H groups in total. The van der Waals surface area contributed by atoms with Crippen molar-refractivity contribution < 1.29 is 9.53 Å². The largest absolute Gasteiger partial charge is 0.444 e. The summed E-state index contributed by atoms with van der Waals surface area (Å²) in [6, 6.07) is 2.10. The van der Waals surface area contributed by atoms with Crippen molar-refractivity contribution in [1.29, 1.82) is 0 Å². The molecule has 6 heteroatoms. The van der Waals surface area contributed by atoms with Crippen LogP contribution in [0.2, 0.25) is 0 Å². The summed E-state index contributed by atoms with van der Waals surface area (Å²) in [6.07, 6.45) is 0.614. The van der Waals surface area contributed by atoms with E-state index in [1.165, 1.54) is 0 Å². The first-order valence-corrected chi connectivity index (χ1v) is 7.30. The average molecular weight is 292 g/mol. The molecule has 0 spiro atoms. The number of anilines is 1. The van der Waals surface area contributed by atoms with Gasteiger partial charge in [0.25, 0.3) is 0 Å². The molecule has 0 bridgehead atoms. The maximum atomic E-state index is 12.0. The van der Waals surface area contributed by atoms with Gasteiger partial charge in [-0.3, -0.25) is 0 Å². The number of ether oxygens (including phenoxy) is 1. The lowest BCUT2D eigenvalue weighted by Gasteiger charge is -2.24. The third-order valence-electron chi connectivity index (χ3n) is 3.16. The summed E-state index contributed by atoms with van der Waals surface area (Å²) in [5.41, 5.74) is 1.42. The maximum absolute atomic E-state index is 12.0. The lowest BCUT2D eigenvalue weighted by Crippen LogP contribution is -2.36. The second-order valence-corrected chi connectivity index (χ2v) is 6.53. The van der Waals surface area contributed by atoms with Gasteiger partial charge >= 0.3 is 6.09 Å². The zero-order valence-electron chi connectivity index (χ0n) is 13.4. The Kier molecular flexibility index (Phi) is 4.34. The quantitative estimate of drug-likeness (QED) is 0.907. The number of hydrogen-bond acceptors (Lipinski definition) is 5. The summed E-state index contributed by atoms with van der Waals surface area (Å²) in [7, 11) is 0. The minimum absolute atomic E-state index is 0.165. The molecule has 1 fully saturated rings. The molecular formula is C15H24N4O2. The van der Waals surface area contributed by atoms with Crippen LogP contribution in [0.25, 0.3) is 0 Å². The molecule has 21 heavy (non-hydrogen) atoms. The summed E-state index contributed by atoms with van der Waals surface area (Å²) in [5, 5.41) is 3.30. The zero-order chi connectivity index (χ0) is 15.6. The van der Waals surface area contributed by atoms with Crippen molar-refractivity contribution in [3.05, 3.63) is 17.5 Å². The molecule has 0 unspecified atom stereocenters. The van der Waals surface area contributed by atoms with Crippen LogP contribution in [-0.2, 0) is 4.74 Å². The fourth-order valence-electron chi connectivity index (χ4n) is 2.34. The van der Waals surface area contributed by atoms with Gasteiger partial charge in [-0.25, -0.2) is 14.8 Å². The van der Waals surface area contributed by atoms with Crippen LogP contribution >= 0.6 is 0 Å². The molecule has 1 aromatic heterocycles. The van der Waals surface area contributed by atoms with Gasteiger partial charge < -0.3 is 15.0 Å². The van der Waals surface area contributed by atoms with E-state index in [9.17, 15) is 4.79 Å². The Hall–Kier alpha value is -1.85. The molecule has 0 aromatic carbocycles. The Morgan fingerprint density at radius 3 is 2.52 bits per heavy atom.